The lowest BCUT2D eigenvalue weighted by atomic mass is 9.93. The van der Waals surface area contributed by atoms with Gasteiger partial charge in [0.15, 0.2) is 5.76 Å². The lowest BCUT2D eigenvalue weighted by Gasteiger charge is -2.13. The van der Waals surface area contributed by atoms with Crippen molar-refractivity contribution in [2.24, 2.45) is 21.7 Å². The first-order valence-corrected chi connectivity index (χ1v) is 7.65. The molecular weight excluding hydrogens is 282 g/mol. The minimum absolute atomic E-state index is 0.0226. The highest BCUT2D eigenvalue weighted by Gasteiger charge is 2.30. The Hall–Kier alpha value is -2.31. The van der Waals surface area contributed by atoms with Gasteiger partial charge in [-0.15, -0.1) is 5.10 Å². The molecule has 1 saturated heterocycles. The first-order valence-electron chi connectivity index (χ1n) is 7.65. The number of carbonyl (C=O) groups excluding carboxylic acids is 1. The maximum absolute atomic E-state index is 12.6. The second-order valence-electron chi connectivity index (χ2n) is 5.78. The molecule has 7 heteroatoms. The SMILES string of the molecule is Cc1c(C(=O)N2CCCC2)oc2c1/C(=N/N=C(N)N)CCC2. The van der Waals surface area contributed by atoms with Gasteiger partial charge < -0.3 is 20.8 Å². The number of aryl methyl sites for hydroxylation is 1. The van der Waals surface area contributed by atoms with Crippen LogP contribution in [0.5, 0.6) is 0 Å². The fourth-order valence-corrected chi connectivity index (χ4v) is 3.15. The second-order valence-corrected chi connectivity index (χ2v) is 5.78. The van der Waals surface area contributed by atoms with E-state index in [4.69, 9.17) is 15.9 Å². The summed E-state index contributed by atoms with van der Waals surface area (Å²) < 4.78 is 5.87. The van der Waals surface area contributed by atoms with Crippen molar-refractivity contribution in [1.29, 1.82) is 0 Å². The highest BCUT2D eigenvalue weighted by atomic mass is 16.4. The molecular formula is C15H21N5O2. The lowest BCUT2D eigenvalue weighted by Crippen LogP contribution is -2.27. The lowest BCUT2D eigenvalue weighted by molar-refractivity contribution is 0.0758. The van der Waals surface area contributed by atoms with Crippen molar-refractivity contribution in [3.63, 3.8) is 0 Å². The van der Waals surface area contributed by atoms with Crippen molar-refractivity contribution in [1.82, 2.24) is 4.90 Å². The first kappa shape index (κ1) is 14.6. The molecule has 0 radical (unpaired) electrons. The minimum Gasteiger partial charge on any atom is -0.455 e. The number of likely N-dealkylation sites (tertiary alicyclic amines) is 1. The highest BCUT2D eigenvalue weighted by Crippen LogP contribution is 2.31. The second kappa shape index (κ2) is 5.82. The van der Waals surface area contributed by atoms with Gasteiger partial charge in [0.1, 0.15) is 5.76 Å². The van der Waals surface area contributed by atoms with Crippen LogP contribution >= 0.6 is 0 Å². The van der Waals surface area contributed by atoms with E-state index in [-0.39, 0.29) is 11.9 Å². The van der Waals surface area contributed by atoms with Crippen LogP contribution in [-0.2, 0) is 6.42 Å². The van der Waals surface area contributed by atoms with Gasteiger partial charge in [0.05, 0.1) is 5.71 Å². The predicted molar refractivity (Wildman–Crippen MR) is 83.9 cm³/mol. The molecule has 0 atom stereocenters. The summed E-state index contributed by atoms with van der Waals surface area (Å²) in [6.07, 6.45) is 4.62. The van der Waals surface area contributed by atoms with E-state index in [0.29, 0.717) is 5.76 Å². The molecule has 2 heterocycles. The van der Waals surface area contributed by atoms with Gasteiger partial charge in [-0.05, 0) is 32.6 Å². The molecule has 118 valence electrons. The Morgan fingerprint density at radius 3 is 2.59 bits per heavy atom. The van der Waals surface area contributed by atoms with Crippen LogP contribution in [0.3, 0.4) is 0 Å². The molecule has 1 amide bonds. The molecule has 0 spiro atoms. The van der Waals surface area contributed by atoms with Gasteiger partial charge in [0.25, 0.3) is 5.91 Å². The summed E-state index contributed by atoms with van der Waals surface area (Å²) in [5.41, 5.74) is 13.2. The third kappa shape index (κ3) is 2.58. The van der Waals surface area contributed by atoms with Gasteiger partial charge in [0.2, 0.25) is 5.96 Å². The topological polar surface area (TPSA) is 110 Å². The van der Waals surface area contributed by atoms with Gasteiger partial charge in [-0.25, -0.2) is 0 Å². The Labute approximate surface area is 129 Å². The molecule has 22 heavy (non-hydrogen) atoms. The van der Waals surface area contributed by atoms with E-state index in [1.54, 1.807) is 0 Å². The number of nitrogens with two attached hydrogens (primary N) is 2. The first-order chi connectivity index (χ1) is 10.6. The van der Waals surface area contributed by atoms with Crippen LogP contribution in [-0.4, -0.2) is 35.6 Å². The summed E-state index contributed by atoms with van der Waals surface area (Å²) in [7, 11) is 0. The largest absolute Gasteiger partial charge is 0.455 e. The molecule has 1 aliphatic carbocycles. The van der Waals surface area contributed by atoms with Gasteiger partial charge in [-0.3, -0.25) is 4.79 Å². The van der Waals surface area contributed by atoms with E-state index in [1.807, 2.05) is 11.8 Å². The Kier molecular flexibility index (Phi) is 3.87. The Morgan fingerprint density at radius 1 is 1.18 bits per heavy atom. The molecule has 3 rings (SSSR count). The molecule has 0 unspecified atom stereocenters. The van der Waals surface area contributed by atoms with Crippen LogP contribution in [0.1, 0.15) is 53.1 Å². The third-order valence-corrected chi connectivity index (χ3v) is 4.20. The maximum atomic E-state index is 12.6. The molecule has 0 aromatic carbocycles. The smallest absolute Gasteiger partial charge is 0.289 e. The van der Waals surface area contributed by atoms with Crippen molar-refractivity contribution in [2.75, 3.05) is 13.1 Å². The summed E-state index contributed by atoms with van der Waals surface area (Å²) in [5.74, 6) is 1.15. The van der Waals surface area contributed by atoms with Crippen molar-refractivity contribution >= 4 is 17.6 Å². The van der Waals surface area contributed by atoms with Crippen molar-refractivity contribution in [3.8, 4) is 0 Å². The average molecular weight is 303 g/mol. The van der Waals surface area contributed by atoms with E-state index in [2.05, 4.69) is 10.2 Å². The van der Waals surface area contributed by atoms with Gasteiger partial charge in [-0.2, -0.15) is 5.10 Å². The Bertz CT molecular complexity index is 649. The van der Waals surface area contributed by atoms with Crippen molar-refractivity contribution in [2.45, 2.75) is 39.0 Å². The van der Waals surface area contributed by atoms with Crippen LogP contribution in [0, 0.1) is 6.92 Å². The molecule has 1 aromatic heterocycles. The molecule has 1 fully saturated rings. The number of carbonyl (C=O) groups is 1. The van der Waals surface area contributed by atoms with Crippen molar-refractivity contribution in [3.05, 3.63) is 22.6 Å². The number of hydrogen-bond donors (Lipinski definition) is 2. The van der Waals surface area contributed by atoms with Crippen molar-refractivity contribution < 1.29 is 9.21 Å². The highest BCUT2D eigenvalue weighted by molar-refractivity contribution is 6.06. The number of fused-ring (bicyclic) bond motifs is 1. The van der Waals surface area contributed by atoms with Gasteiger partial charge >= 0.3 is 0 Å². The molecule has 0 bridgehead atoms. The Morgan fingerprint density at radius 2 is 1.91 bits per heavy atom. The standard InChI is InChI=1S/C15H21N5O2/c1-9-12-10(18-19-15(16)17)5-4-6-11(12)22-13(9)14(21)20-7-2-3-8-20/h2-8H2,1H3,(H4,16,17,19)/b18-10+. The zero-order chi connectivity index (χ0) is 15.7. The zero-order valence-corrected chi connectivity index (χ0v) is 12.8. The predicted octanol–water partition coefficient (Wildman–Crippen LogP) is 1.14. The number of furan rings is 1. The molecule has 0 saturated carbocycles. The molecule has 1 aliphatic heterocycles. The molecule has 1 aromatic rings. The number of rotatable bonds is 2. The average Bonchev–Trinajstić information content (AvgIpc) is 3.13. The van der Waals surface area contributed by atoms with E-state index in [0.717, 1.165) is 67.8 Å². The van der Waals surface area contributed by atoms with Crippen LogP contribution < -0.4 is 11.5 Å². The summed E-state index contributed by atoms with van der Waals surface area (Å²) in [6.45, 7) is 3.51. The van der Waals surface area contributed by atoms with Crippen LogP contribution in [0.4, 0.5) is 0 Å². The fourth-order valence-electron chi connectivity index (χ4n) is 3.15. The summed E-state index contributed by atoms with van der Waals surface area (Å²) in [4.78, 5) is 14.4. The quantitative estimate of drug-likeness (QED) is 0.485. The van der Waals surface area contributed by atoms with E-state index in [9.17, 15) is 4.79 Å². The van der Waals surface area contributed by atoms with E-state index >= 15 is 0 Å². The molecule has 7 nitrogen and oxygen atoms in total. The monoisotopic (exact) mass is 303 g/mol. The van der Waals surface area contributed by atoms with E-state index < -0.39 is 0 Å². The van der Waals surface area contributed by atoms with Crippen LogP contribution in [0.2, 0.25) is 0 Å². The third-order valence-electron chi connectivity index (χ3n) is 4.20. The number of nitrogens with zero attached hydrogens (tertiary/aromatic N) is 3. The zero-order valence-electron chi connectivity index (χ0n) is 12.8. The number of amides is 1. The van der Waals surface area contributed by atoms with Crippen LogP contribution in [0.25, 0.3) is 0 Å². The number of guanidine groups is 1. The maximum Gasteiger partial charge on any atom is 0.289 e. The molecule has 4 N–H and O–H groups in total. The fraction of sp³-hybridized carbons (Fsp3) is 0.533. The van der Waals surface area contributed by atoms with Crippen LogP contribution in [0.15, 0.2) is 14.6 Å². The Balaban J connectivity index is 1.98. The van der Waals surface area contributed by atoms with E-state index in [1.165, 1.54) is 0 Å². The normalized spacial score (nSPS) is 19.3. The molecule has 2 aliphatic rings. The summed E-state index contributed by atoms with van der Waals surface area (Å²) >= 11 is 0. The minimum atomic E-state index is -0.0749. The van der Waals surface area contributed by atoms with Gasteiger partial charge in [-0.1, -0.05) is 0 Å². The summed E-state index contributed by atoms with van der Waals surface area (Å²) in [6, 6.07) is 0. The number of hydrogen-bond acceptors (Lipinski definition) is 4. The summed E-state index contributed by atoms with van der Waals surface area (Å²) in [5, 5.41) is 7.87. The van der Waals surface area contributed by atoms with Gasteiger partial charge in [0, 0.05) is 30.6 Å².